The fourth-order valence-electron chi connectivity index (χ4n) is 6.19. The zero-order valence-corrected chi connectivity index (χ0v) is 18.9. The van der Waals surface area contributed by atoms with Gasteiger partial charge in [-0.05, 0) is 52.8 Å². The minimum atomic E-state index is -0.769. The van der Waals surface area contributed by atoms with Crippen LogP contribution in [0.5, 0.6) is 0 Å². The molecule has 176 valence electrons. The second-order valence-corrected chi connectivity index (χ2v) is 10.1. The average Bonchev–Trinajstić information content (AvgIpc) is 3.16. The molecule has 0 bridgehead atoms. The monoisotopic (exact) mass is 460 g/mol. The summed E-state index contributed by atoms with van der Waals surface area (Å²) in [6.07, 6.45) is 2.28. The van der Waals surface area contributed by atoms with Gasteiger partial charge in [-0.25, -0.2) is 4.79 Å². The lowest BCUT2D eigenvalue weighted by molar-refractivity contribution is -0.141. The quantitative estimate of drug-likeness (QED) is 0.688. The first kappa shape index (κ1) is 21.2. The molecule has 0 radical (unpaired) electrons. The van der Waals surface area contributed by atoms with Gasteiger partial charge in [0.05, 0.1) is 5.92 Å². The number of aliphatic carboxylic acids is 1. The lowest BCUT2D eigenvalue weighted by atomic mass is 9.79. The van der Waals surface area contributed by atoms with Crippen LogP contribution in [0, 0.1) is 23.7 Å². The molecule has 6 rings (SSSR count). The van der Waals surface area contributed by atoms with E-state index in [4.69, 9.17) is 4.74 Å². The van der Waals surface area contributed by atoms with Crippen molar-refractivity contribution in [2.75, 3.05) is 19.7 Å². The van der Waals surface area contributed by atoms with Crippen molar-refractivity contribution < 1.29 is 24.2 Å². The molecule has 7 nitrogen and oxygen atoms in total. The van der Waals surface area contributed by atoms with Gasteiger partial charge in [0.25, 0.3) is 0 Å². The molecule has 1 aliphatic heterocycles. The summed E-state index contributed by atoms with van der Waals surface area (Å²) in [6, 6.07) is 15.8. The number of amides is 2. The summed E-state index contributed by atoms with van der Waals surface area (Å²) in [6.45, 7) is 1.14. The smallest absolute Gasteiger partial charge is 0.407 e. The molecule has 3 aliphatic carbocycles. The molecule has 2 N–H and O–H groups in total. The molecular weight excluding hydrogens is 432 g/mol. The van der Waals surface area contributed by atoms with Crippen LogP contribution in [0.15, 0.2) is 48.5 Å². The number of carboxylic acid groups (broad SMARTS) is 1. The highest BCUT2D eigenvalue weighted by atomic mass is 16.5. The highest BCUT2D eigenvalue weighted by molar-refractivity contribution is 5.87. The first-order chi connectivity index (χ1) is 16.5. The number of nitrogens with zero attached hydrogens (tertiary/aromatic N) is 1. The van der Waals surface area contributed by atoms with Crippen molar-refractivity contribution in [3.63, 3.8) is 0 Å². The van der Waals surface area contributed by atoms with Gasteiger partial charge >= 0.3 is 12.1 Å². The number of carboxylic acids is 1. The fourth-order valence-corrected chi connectivity index (χ4v) is 6.19. The normalized spacial score (nSPS) is 25.5. The van der Waals surface area contributed by atoms with E-state index >= 15 is 0 Å². The third kappa shape index (κ3) is 3.45. The number of carbonyl (C=O) groups excluding carboxylic acids is 2. The van der Waals surface area contributed by atoms with E-state index in [0.29, 0.717) is 13.1 Å². The average molecular weight is 461 g/mol. The van der Waals surface area contributed by atoms with Crippen molar-refractivity contribution in [2.45, 2.75) is 31.2 Å². The number of nitrogens with one attached hydrogen (secondary N) is 1. The minimum absolute atomic E-state index is 0.0327. The van der Waals surface area contributed by atoms with Crippen LogP contribution in [0.2, 0.25) is 0 Å². The molecule has 1 heterocycles. The van der Waals surface area contributed by atoms with E-state index < -0.39 is 18.1 Å². The van der Waals surface area contributed by atoms with Crippen LogP contribution >= 0.6 is 0 Å². The van der Waals surface area contributed by atoms with Crippen LogP contribution in [-0.2, 0) is 14.3 Å². The topological polar surface area (TPSA) is 95.9 Å². The van der Waals surface area contributed by atoms with Crippen molar-refractivity contribution in [1.82, 2.24) is 10.2 Å². The number of alkyl carbamates (subject to hydrolysis) is 1. The van der Waals surface area contributed by atoms with Gasteiger partial charge in [-0.2, -0.15) is 0 Å². The van der Waals surface area contributed by atoms with Crippen LogP contribution in [0.25, 0.3) is 11.1 Å². The molecule has 2 aromatic rings. The van der Waals surface area contributed by atoms with E-state index in [1.165, 1.54) is 11.1 Å². The molecule has 3 atom stereocenters. The molecule has 34 heavy (non-hydrogen) atoms. The molecule has 2 saturated carbocycles. The molecule has 4 aliphatic rings. The van der Waals surface area contributed by atoms with Crippen molar-refractivity contribution in [3.05, 3.63) is 59.7 Å². The second-order valence-electron chi connectivity index (χ2n) is 10.1. The van der Waals surface area contributed by atoms with Gasteiger partial charge in [0.2, 0.25) is 5.91 Å². The maximum absolute atomic E-state index is 13.3. The van der Waals surface area contributed by atoms with E-state index in [2.05, 4.69) is 29.6 Å². The van der Waals surface area contributed by atoms with Gasteiger partial charge in [-0.1, -0.05) is 55.0 Å². The lowest BCUT2D eigenvalue weighted by Crippen LogP contribution is -2.54. The summed E-state index contributed by atoms with van der Waals surface area (Å²) >= 11 is 0. The summed E-state index contributed by atoms with van der Waals surface area (Å²) in [4.78, 5) is 39.1. The molecule has 1 saturated heterocycles. The number of rotatable bonds is 6. The maximum atomic E-state index is 13.3. The Bertz CT molecular complexity index is 1100. The number of likely N-dealkylation sites (tertiary alicyclic amines) is 1. The Morgan fingerprint density at radius 2 is 1.56 bits per heavy atom. The third-order valence-electron chi connectivity index (χ3n) is 8.30. The van der Waals surface area contributed by atoms with E-state index in [1.54, 1.807) is 4.90 Å². The predicted octanol–water partition coefficient (Wildman–Crippen LogP) is 3.48. The standard InChI is InChI=1S/C27H28N2O5/c30-25(29-12-20-21(13-29)23(20)26(31)32)24(15-6-5-7-15)28-27(33)34-14-22-18-10-3-1-8-16(18)17-9-2-4-11-19(17)22/h1-4,8-11,15,20-24H,5-7,12-14H2,(H,28,33)(H,31,32). The van der Waals surface area contributed by atoms with Crippen LogP contribution in [0.3, 0.4) is 0 Å². The fraction of sp³-hybridized carbons (Fsp3) is 0.444. The lowest BCUT2D eigenvalue weighted by Gasteiger charge is -2.35. The van der Waals surface area contributed by atoms with Crippen molar-refractivity contribution >= 4 is 18.0 Å². The zero-order valence-electron chi connectivity index (χ0n) is 18.9. The van der Waals surface area contributed by atoms with E-state index in [0.717, 1.165) is 30.4 Å². The Kier molecular flexibility index (Phi) is 5.08. The summed E-state index contributed by atoms with van der Waals surface area (Å²) in [5, 5.41) is 12.1. The molecule has 0 spiro atoms. The number of fused-ring (bicyclic) bond motifs is 4. The first-order valence-electron chi connectivity index (χ1n) is 12.2. The maximum Gasteiger partial charge on any atom is 0.407 e. The summed E-state index contributed by atoms with van der Waals surface area (Å²) < 4.78 is 5.68. The minimum Gasteiger partial charge on any atom is -0.481 e. The predicted molar refractivity (Wildman–Crippen MR) is 124 cm³/mol. The Labute approximate surface area is 198 Å². The summed E-state index contributed by atoms with van der Waals surface area (Å²) in [5.41, 5.74) is 4.63. The van der Waals surface area contributed by atoms with Crippen LogP contribution in [0.1, 0.15) is 36.3 Å². The van der Waals surface area contributed by atoms with E-state index in [9.17, 15) is 19.5 Å². The van der Waals surface area contributed by atoms with Gasteiger partial charge in [-0.15, -0.1) is 0 Å². The zero-order chi connectivity index (χ0) is 23.4. The van der Waals surface area contributed by atoms with Crippen LogP contribution in [0.4, 0.5) is 4.79 Å². The van der Waals surface area contributed by atoms with E-state index in [1.807, 2.05) is 24.3 Å². The number of hydrogen-bond donors (Lipinski definition) is 2. The molecular formula is C27H28N2O5. The number of ether oxygens (including phenoxy) is 1. The largest absolute Gasteiger partial charge is 0.481 e. The van der Waals surface area contributed by atoms with Gasteiger partial charge < -0.3 is 20.1 Å². The highest BCUT2D eigenvalue weighted by Gasteiger charge is 2.61. The second kappa shape index (κ2) is 8.15. The van der Waals surface area contributed by atoms with Gasteiger partial charge in [-0.3, -0.25) is 9.59 Å². The molecule has 2 aromatic carbocycles. The highest BCUT2D eigenvalue weighted by Crippen LogP contribution is 2.52. The van der Waals surface area contributed by atoms with Gasteiger partial charge in [0, 0.05) is 19.0 Å². The summed E-state index contributed by atoms with van der Waals surface area (Å²) in [7, 11) is 0. The molecule has 3 unspecified atom stereocenters. The van der Waals surface area contributed by atoms with Crippen molar-refractivity contribution in [2.24, 2.45) is 23.7 Å². The van der Waals surface area contributed by atoms with Gasteiger partial charge in [0.1, 0.15) is 12.6 Å². The SMILES string of the molecule is O=C(NC(C(=O)N1CC2C(C1)C2C(=O)O)C1CCC1)OCC1c2ccccc2-c2ccccc21. The third-order valence-corrected chi connectivity index (χ3v) is 8.30. The Balaban J connectivity index is 1.11. The Morgan fingerprint density at radius 3 is 2.09 bits per heavy atom. The summed E-state index contributed by atoms with van der Waals surface area (Å²) in [5.74, 6) is -1.00. The molecule has 7 heteroatoms. The molecule has 0 aromatic heterocycles. The Hall–Kier alpha value is -3.35. The molecule has 3 fully saturated rings. The van der Waals surface area contributed by atoms with Crippen molar-refractivity contribution in [1.29, 1.82) is 0 Å². The van der Waals surface area contributed by atoms with Crippen LogP contribution in [-0.4, -0.2) is 53.7 Å². The first-order valence-corrected chi connectivity index (χ1v) is 12.2. The molecule has 2 amide bonds. The van der Waals surface area contributed by atoms with Crippen molar-refractivity contribution in [3.8, 4) is 11.1 Å². The number of benzene rings is 2. The van der Waals surface area contributed by atoms with Gasteiger partial charge in [0.15, 0.2) is 0 Å². The Morgan fingerprint density at radius 1 is 0.971 bits per heavy atom. The van der Waals surface area contributed by atoms with Crippen LogP contribution < -0.4 is 5.32 Å². The van der Waals surface area contributed by atoms with E-state index in [-0.39, 0.29) is 42.1 Å². The number of piperidine rings is 1. The number of carbonyl (C=O) groups is 3. The number of hydrogen-bond acceptors (Lipinski definition) is 4.